The zero-order chi connectivity index (χ0) is 14.1. The fourth-order valence-corrected chi connectivity index (χ4v) is 3.71. The van der Waals surface area contributed by atoms with E-state index in [2.05, 4.69) is 43.3 Å². The quantitative estimate of drug-likeness (QED) is 0.854. The van der Waals surface area contributed by atoms with Crippen LogP contribution in [0, 0.1) is 0 Å². The molecule has 0 spiro atoms. The summed E-state index contributed by atoms with van der Waals surface area (Å²) in [6.45, 7) is 2.22. The van der Waals surface area contributed by atoms with Crippen molar-refractivity contribution in [2.75, 3.05) is 0 Å². The summed E-state index contributed by atoms with van der Waals surface area (Å²) in [5.74, 6) is 0. The average Bonchev–Trinajstić information content (AvgIpc) is 2.52. The predicted octanol–water partition coefficient (Wildman–Crippen LogP) is 4.41. The van der Waals surface area contributed by atoms with Crippen molar-refractivity contribution in [3.63, 3.8) is 0 Å². The van der Waals surface area contributed by atoms with Gasteiger partial charge >= 0.3 is 0 Å². The Balaban J connectivity index is 2.12. The number of aliphatic hydroxyl groups is 1. The molecule has 1 aliphatic carbocycles. The van der Waals surface area contributed by atoms with E-state index < -0.39 is 5.60 Å². The standard InChI is InChI=1S/C19H22O/c1-18(16-10-4-2-5-11-16)14-8-9-15-19(18,20)17-12-6-3-7-13-17/h2-7,10-13,20H,8-9,14-15H2,1H3. The second-order valence-corrected chi connectivity index (χ2v) is 6.13. The van der Waals surface area contributed by atoms with E-state index in [-0.39, 0.29) is 5.41 Å². The highest BCUT2D eigenvalue weighted by Crippen LogP contribution is 2.51. The maximum absolute atomic E-state index is 11.5. The van der Waals surface area contributed by atoms with Crippen LogP contribution in [0.1, 0.15) is 43.7 Å². The van der Waals surface area contributed by atoms with Crippen molar-refractivity contribution >= 4 is 0 Å². The molecule has 0 amide bonds. The van der Waals surface area contributed by atoms with Crippen molar-refractivity contribution in [3.05, 3.63) is 71.8 Å². The molecule has 1 fully saturated rings. The first-order chi connectivity index (χ1) is 9.67. The molecule has 0 heterocycles. The topological polar surface area (TPSA) is 20.2 Å². The van der Waals surface area contributed by atoms with Gasteiger partial charge < -0.3 is 5.11 Å². The SMILES string of the molecule is CC1(c2ccccc2)CCCCC1(O)c1ccccc1. The van der Waals surface area contributed by atoms with E-state index in [1.54, 1.807) is 0 Å². The van der Waals surface area contributed by atoms with E-state index in [1.165, 1.54) is 12.0 Å². The molecule has 1 aliphatic rings. The third-order valence-electron chi connectivity index (χ3n) is 5.04. The van der Waals surface area contributed by atoms with Crippen molar-refractivity contribution in [1.82, 2.24) is 0 Å². The minimum absolute atomic E-state index is 0.214. The maximum atomic E-state index is 11.5. The summed E-state index contributed by atoms with van der Waals surface area (Å²) >= 11 is 0. The lowest BCUT2D eigenvalue weighted by Crippen LogP contribution is -2.49. The Hall–Kier alpha value is -1.60. The van der Waals surface area contributed by atoms with Crippen molar-refractivity contribution in [2.24, 2.45) is 0 Å². The molecule has 0 bridgehead atoms. The van der Waals surface area contributed by atoms with Gasteiger partial charge in [-0.05, 0) is 24.0 Å². The fraction of sp³-hybridized carbons (Fsp3) is 0.368. The van der Waals surface area contributed by atoms with Gasteiger partial charge in [-0.15, -0.1) is 0 Å². The van der Waals surface area contributed by atoms with Gasteiger partial charge in [0.1, 0.15) is 0 Å². The van der Waals surface area contributed by atoms with Crippen LogP contribution in [-0.4, -0.2) is 5.11 Å². The molecule has 2 unspecified atom stereocenters. The monoisotopic (exact) mass is 266 g/mol. The van der Waals surface area contributed by atoms with E-state index in [9.17, 15) is 5.11 Å². The molecule has 104 valence electrons. The molecule has 1 nitrogen and oxygen atoms in total. The molecular weight excluding hydrogens is 244 g/mol. The summed E-state index contributed by atoms with van der Waals surface area (Å²) < 4.78 is 0. The van der Waals surface area contributed by atoms with Crippen LogP contribution in [-0.2, 0) is 11.0 Å². The molecular formula is C19H22O. The molecule has 3 rings (SSSR count). The first kappa shape index (κ1) is 13.4. The minimum Gasteiger partial charge on any atom is -0.384 e. The number of rotatable bonds is 2. The van der Waals surface area contributed by atoms with Crippen LogP contribution in [0.2, 0.25) is 0 Å². The molecule has 20 heavy (non-hydrogen) atoms. The smallest absolute Gasteiger partial charge is 0.0989 e. The van der Waals surface area contributed by atoms with Gasteiger partial charge in [-0.3, -0.25) is 0 Å². The van der Waals surface area contributed by atoms with Gasteiger partial charge in [0.2, 0.25) is 0 Å². The summed E-state index contributed by atoms with van der Waals surface area (Å²) in [6.07, 6.45) is 4.14. The normalized spacial score (nSPS) is 30.1. The van der Waals surface area contributed by atoms with Gasteiger partial charge in [-0.25, -0.2) is 0 Å². The Morgan fingerprint density at radius 1 is 0.750 bits per heavy atom. The Kier molecular flexibility index (Phi) is 3.39. The fourth-order valence-electron chi connectivity index (χ4n) is 3.71. The Morgan fingerprint density at radius 2 is 1.25 bits per heavy atom. The van der Waals surface area contributed by atoms with Gasteiger partial charge in [0.15, 0.2) is 0 Å². The van der Waals surface area contributed by atoms with Gasteiger partial charge in [-0.1, -0.05) is 80.4 Å². The highest BCUT2D eigenvalue weighted by Gasteiger charge is 2.50. The summed E-state index contributed by atoms with van der Waals surface area (Å²) in [7, 11) is 0. The lowest BCUT2D eigenvalue weighted by atomic mass is 9.58. The molecule has 1 heteroatoms. The number of benzene rings is 2. The van der Waals surface area contributed by atoms with Crippen LogP contribution in [0.4, 0.5) is 0 Å². The third kappa shape index (κ3) is 1.97. The van der Waals surface area contributed by atoms with Crippen molar-refractivity contribution in [1.29, 1.82) is 0 Å². The van der Waals surface area contributed by atoms with Crippen LogP contribution in [0.5, 0.6) is 0 Å². The van der Waals surface area contributed by atoms with Crippen LogP contribution in [0.15, 0.2) is 60.7 Å². The highest BCUT2D eigenvalue weighted by molar-refractivity contribution is 5.36. The van der Waals surface area contributed by atoms with Crippen molar-refractivity contribution in [2.45, 2.75) is 43.6 Å². The van der Waals surface area contributed by atoms with Crippen molar-refractivity contribution in [3.8, 4) is 0 Å². The molecule has 0 saturated heterocycles. The van der Waals surface area contributed by atoms with Gasteiger partial charge in [0, 0.05) is 5.41 Å². The summed E-state index contributed by atoms with van der Waals surface area (Å²) in [6, 6.07) is 20.7. The summed E-state index contributed by atoms with van der Waals surface area (Å²) in [4.78, 5) is 0. The van der Waals surface area contributed by atoms with Crippen LogP contribution in [0.25, 0.3) is 0 Å². The van der Waals surface area contributed by atoms with Gasteiger partial charge in [0.05, 0.1) is 5.60 Å². The number of hydrogen-bond acceptors (Lipinski definition) is 1. The zero-order valence-corrected chi connectivity index (χ0v) is 12.0. The number of hydrogen-bond donors (Lipinski definition) is 1. The molecule has 0 radical (unpaired) electrons. The van der Waals surface area contributed by atoms with Crippen LogP contribution >= 0.6 is 0 Å². The highest BCUT2D eigenvalue weighted by atomic mass is 16.3. The second kappa shape index (κ2) is 5.06. The average molecular weight is 266 g/mol. The lowest BCUT2D eigenvalue weighted by Gasteiger charge is -2.49. The minimum atomic E-state index is -0.770. The van der Waals surface area contributed by atoms with E-state index in [4.69, 9.17) is 0 Å². The first-order valence-electron chi connectivity index (χ1n) is 7.50. The van der Waals surface area contributed by atoms with Crippen LogP contribution < -0.4 is 0 Å². The second-order valence-electron chi connectivity index (χ2n) is 6.13. The maximum Gasteiger partial charge on any atom is 0.0989 e. The summed E-state index contributed by atoms with van der Waals surface area (Å²) in [5, 5.41) is 11.5. The van der Waals surface area contributed by atoms with Gasteiger partial charge in [0.25, 0.3) is 0 Å². The molecule has 0 aromatic heterocycles. The third-order valence-corrected chi connectivity index (χ3v) is 5.04. The molecule has 0 aliphatic heterocycles. The molecule has 2 aromatic carbocycles. The van der Waals surface area contributed by atoms with Crippen molar-refractivity contribution < 1.29 is 5.11 Å². The Morgan fingerprint density at radius 3 is 1.85 bits per heavy atom. The van der Waals surface area contributed by atoms with Crippen LogP contribution in [0.3, 0.4) is 0 Å². The van der Waals surface area contributed by atoms with E-state index in [0.717, 1.165) is 24.8 Å². The molecule has 1 saturated carbocycles. The van der Waals surface area contributed by atoms with E-state index in [0.29, 0.717) is 0 Å². The zero-order valence-electron chi connectivity index (χ0n) is 12.0. The Labute approximate surface area is 121 Å². The van der Waals surface area contributed by atoms with Gasteiger partial charge in [-0.2, -0.15) is 0 Å². The molecule has 2 aromatic rings. The molecule has 1 N–H and O–H groups in total. The largest absolute Gasteiger partial charge is 0.384 e. The predicted molar refractivity (Wildman–Crippen MR) is 82.6 cm³/mol. The summed E-state index contributed by atoms with van der Waals surface area (Å²) in [5.41, 5.74) is 1.30. The Bertz CT molecular complexity index is 509. The first-order valence-corrected chi connectivity index (χ1v) is 7.50. The van der Waals surface area contributed by atoms with E-state index >= 15 is 0 Å². The molecule has 2 atom stereocenters. The lowest BCUT2D eigenvalue weighted by molar-refractivity contribution is -0.0698. The van der Waals surface area contributed by atoms with E-state index in [1.807, 2.05) is 24.3 Å².